The molecule has 0 saturated carbocycles. The van der Waals surface area contributed by atoms with Crippen molar-refractivity contribution in [2.24, 2.45) is 0 Å². The summed E-state index contributed by atoms with van der Waals surface area (Å²) in [6.45, 7) is 1.68. The third kappa shape index (κ3) is 2.82. The lowest BCUT2D eigenvalue weighted by Crippen LogP contribution is -2.27. The normalized spacial score (nSPS) is 11.9. The van der Waals surface area contributed by atoms with E-state index in [0.29, 0.717) is 17.7 Å². The second kappa shape index (κ2) is 5.51. The average Bonchev–Trinajstić information content (AvgIpc) is 2.84. The van der Waals surface area contributed by atoms with Gasteiger partial charge in [0.15, 0.2) is 5.82 Å². The minimum absolute atomic E-state index is 0.335. The summed E-state index contributed by atoms with van der Waals surface area (Å²) in [7, 11) is 3.59. The summed E-state index contributed by atoms with van der Waals surface area (Å²) in [5, 5.41) is 15.4. The van der Waals surface area contributed by atoms with Gasteiger partial charge in [-0.05, 0) is 13.0 Å². The van der Waals surface area contributed by atoms with Gasteiger partial charge in [-0.15, -0.1) is 5.10 Å². The zero-order valence-electron chi connectivity index (χ0n) is 11.3. The van der Waals surface area contributed by atoms with Gasteiger partial charge in [0.25, 0.3) is 5.95 Å². The molecule has 1 amide bonds. The second-order valence-corrected chi connectivity index (χ2v) is 4.30. The number of amides is 1. The fourth-order valence-corrected chi connectivity index (χ4v) is 1.58. The number of rotatable bonds is 4. The van der Waals surface area contributed by atoms with Crippen molar-refractivity contribution in [2.45, 2.75) is 13.0 Å². The minimum atomic E-state index is -1.13. The zero-order chi connectivity index (χ0) is 14.7. The first-order chi connectivity index (χ1) is 9.49. The van der Waals surface area contributed by atoms with E-state index in [1.807, 2.05) is 0 Å². The predicted molar refractivity (Wildman–Crippen MR) is 70.9 cm³/mol. The smallest absolute Gasteiger partial charge is 0.405 e. The lowest BCUT2D eigenvalue weighted by molar-refractivity contribution is 0.190. The van der Waals surface area contributed by atoms with E-state index >= 15 is 0 Å². The fraction of sp³-hybridized carbons (Fsp3) is 0.364. The lowest BCUT2D eigenvalue weighted by Gasteiger charge is -2.10. The summed E-state index contributed by atoms with van der Waals surface area (Å²) in [5.41, 5.74) is 0. The maximum atomic E-state index is 10.8. The van der Waals surface area contributed by atoms with Gasteiger partial charge in [-0.25, -0.2) is 14.8 Å². The van der Waals surface area contributed by atoms with Gasteiger partial charge in [-0.1, -0.05) is 0 Å². The van der Waals surface area contributed by atoms with Gasteiger partial charge in [-0.3, -0.25) is 0 Å². The van der Waals surface area contributed by atoms with Crippen LogP contribution in [0.5, 0.6) is 0 Å². The van der Waals surface area contributed by atoms with Crippen LogP contribution in [-0.4, -0.2) is 50.0 Å². The van der Waals surface area contributed by atoms with Crippen LogP contribution in [0.4, 0.5) is 10.7 Å². The Bertz CT molecular complexity index is 596. The van der Waals surface area contributed by atoms with Crippen molar-refractivity contribution >= 4 is 12.0 Å². The number of carbonyl (C=O) groups is 1. The average molecular weight is 277 g/mol. The van der Waals surface area contributed by atoms with Gasteiger partial charge in [0, 0.05) is 26.5 Å². The van der Waals surface area contributed by atoms with Crippen LogP contribution in [0.15, 0.2) is 18.5 Å². The summed E-state index contributed by atoms with van der Waals surface area (Å²) in [4.78, 5) is 25.0. The van der Waals surface area contributed by atoms with Gasteiger partial charge in [0.05, 0.1) is 6.04 Å². The molecule has 2 rings (SSSR count). The van der Waals surface area contributed by atoms with Crippen molar-refractivity contribution < 1.29 is 9.90 Å². The molecule has 1 atom stereocenters. The quantitative estimate of drug-likeness (QED) is 0.835. The molecule has 0 bridgehead atoms. The minimum Gasteiger partial charge on any atom is -0.465 e. The summed E-state index contributed by atoms with van der Waals surface area (Å²) in [6, 6.07) is 1.14. The van der Waals surface area contributed by atoms with Crippen LogP contribution in [0.1, 0.15) is 18.8 Å². The number of nitrogens with one attached hydrogen (secondary N) is 1. The Balaban J connectivity index is 2.46. The van der Waals surface area contributed by atoms with E-state index in [-0.39, 0.29) is 0 Å². The number of hydrogen-bond donors (Lipinski definition) is 2. The molecular weight excluding hydrogens is 262 g/mol. The van der Waals surface area contributed by atoms with Gasteiger partial charge in [0.1, 0.15) is 0 Å². The van der Waals surface area contributed by atoms with Crippen molar-refractivity contribution in [3.05, 3.63) is 24.3 Å². The molecule has 0 aliphatic carbocycles. The van der Waals surface area contributed by atoms with Crippen molar-refractivity contribution in [2.75, 3.05) is 19.0 Å². The monoisotopic (exact) mass is 277 g/mol. The highest BCUT2D eigenvalue weighted by Crippen LogP contribution is 2.16. The molecule has 0 spiro atoms. The fourth-order valence-electron chi connectivity index (χ4n) is 1.58. The number of nitrogens with zero attached hydrogens (tertiary/aromatic N) is 6. The first kappa shape index (κ1) is 13.7. The summed E-state index contributed by atoms with van der Waals surface area (Å²) < 4.78 is 1.43. The molecule has 106 valence electrons. The molecule has 20 heavy (non-hydrogen) atoms. The molecule has 2 heterocycles. The van der Waals surface area contributed by atoms with Gasteiger partial charge < -0.3 is 15.3 Å². The topological polar surface area (TPSA) is 109 Å². The van der Waals surface area contributed by atoms with Gasteiger partial charge in [-0.2, -0.15) is 9.67 Å². The van der Waals surface area contributed by atoms with E-state index in [4.69, 9.17) is 5.11 Å². The predicted octanol–water partition coefficient (Wildman–Crippen LogP) is 0.452. The number of aromatic nitrogens is 5. The lowest BCUT2D eigenvalue weighted by atomic mass is 10.3. The van der Waals surface area contributed by atoms with Gasteiger partial charge >= 0.3 is 6.09 Å². The standard InChI is InChI=1S/C11H15N7O2/c1-7(14-11(19)20)8-15-10(17(2)3)16-18(8)9-12-5-4-6-13-9/h4-7,14H,1-3H3,(H,19,20)/t7-/m0/s1. The molecular formula is C11H15N7O2. The van der Waals surface area contributed by atoms with Crippen molar-refractivity contribution in [3.63, 3.8) is 0 Å². The molecule has 2 N–H and O–H groups in total. The largest absolute Gasteiger partial charge is 0.465 e. The molecule has 0 aliphatic rings. The van der Waals surface area contributed by atoms with Crippen LogP contribution < -0.4 is 10.2 Å². The molecule has 2 aromatic heterocycles. The molecule has 9 heteroatoms. The zero-order valence-corrected chi connectivity index (χ0v) is 11.3. The van der Waals surface area contributed by atoms with Crippen LogP contribution in [-0.2, 0) is 0 Å². The molecule has 0 saturated heterocycles. The first-order valence-corrected chi connectivity index (χ1v) is 5.90. The molecule has 9 nitrogen and oxygen atoms in total. The molecule has 0 fully saturated rings. The second-order valence-electron chi connectivity index (χ2n) is 4.30. The Morgan fingerprint density at radius 2 is 2.05 bits per heavy atom. The Morgan fingerprint density at radius 1 is 1.40 bits per heavy atom. The molecule has 2 aromatic rings. The molecule has 0 aliphatic heterocycles. The Morgan fingerprint density at radius 3 is 2.60 bits per heavy atom. The molecule has 0 aromatic carbocycles. The Labute approximate surface area is 115 Å². The highest BCUT2D eigenvalue weighted by atomic mass is 16.4. The highest BCUT2D eigenvalue weighted by Gasteiger charge is 2.21. The Hall–Kier alpha value is -2.71. The number of hydrogen-bond acceptors (Lipinski definition) is 6. The van der Waals surface area contributed by atoms with Crippen LogP contribution in [0.25, 0.3) is 5.95 Å². The third-order valence-corrected chi connectivity index (χ3v) is 2.49. The van der Waals surface area contributed by atoms with Crippen molar-refractivity contribution in [3.8, 4) is 5.95 Å². The van der Waals surface area contributed by atoms with E-state index in [9.17, 15) is 4.79 Å². The van der Waals surface area contributed by atoms with E-state index in [0.717, 1.165) is 0 Å². The molecule has 0 unspecified atom stereocenters. The van der Waals surface area contributed by atoms with Crippen LogP contribution in [0.2, 0.25) is 0 Å². The number of carboxylic acid groups (broad SMARTS) is 1. The van der Waals surface area contributed by atoms with E-state index in [2.05, 4.69) is 25.4 Å². The molecule has 0 radical (unpaired) electrons. The maximum Gasteiger partial charge on any atom is 0.405 e. The maximum absolute atomic E-state index is 10.8. The van der Waals surface area contributed by atoms with Crippen LogP contribution in [0.3, 0.4) is 0 Å². The van der Waals surface area contributed by atoms with Crippen LogP contribution >= 0.6 is 0 Å². The SMILES string of the molecule is C[C@H](NC(=O)O)c1nc(N(C)C)nn1-c1ncccn1. The first-order valence-electron chi connectivity index (χ1n) is 5.90. The van der Waals surface area contributed by atoms with E-state index in [1.165, 1.54) is 4.68 Å². The third-order valence-electron chi connectivity index (χ3n) is 2.49. The summed E-state index contributed by atoms with van der Waals surface area (Å²) >= 11 is 0. The van der Waals surface area contributed by atoms with Crippen molar-refractivity contribution in [1.29, 1.82) is 0 Å². The summed E-state index contributed by atoms with van der Waals surface area (Å²) in [5.74, 6) is 1.20. The Kier molecular flexibility index (Phi) is 3.78. The highest BCUT2D eigenvalue weighted by molar-refractivity contribution is 5.65. The summed E-state index contributed by atoms with van der Waals surface area (Å²) in [6.07, 6.45) is 2.03. The van der Waals surface area contributed by atoms with Crippen LogP contribution in [0, 0.1) is 0 Å². The van der Waals surface area contributed by atoms with E-state index < -0.39 is 12.1 Å². The number of anilines is 1. The van der Waals surface area contributed by atoms with Gasteiger partial charge in [0.2, 0.25) is 5.95 Å². The van der Waals surface area contributed by atoms with E-state index in [1.54, 1.807) is 44.4 Å². The van der Waals surface area contributed by atoms with Crippen molar-refractivity contribution in [1.82, 2.24) is 30.0 Å².